The van der Waals surface area contributed by atoms with Crippen molar-refractivity contribution in [1.29, 1.82) is 0 Å². The number of halogens is 2. The number of carbonyl (C=O) groups is 1. The normalized spacial score (nSPS) is 27.9. The van der Waals surface area contributed by atoms with Gasteiger partial charge in [0.05, 0.1) is 5.56 Å². The molecule has 0 spiro atoms. The van der Waals surface area contributed by atoms with Gasteiger partial charge in [-0.05, 0) is 49.1 Å². The van der Waals surface area contributed by atoms with Gasteiger partial charge in [0, 0.05) is 13.6 Å². The van der Waals surface area contributed by atoms with Crippen molar-refractivity contribution >= 4 is 5.91 Å². The summed E-state index contributed by atoms with van der Waals surface area (Å²) in [6, 6.07) is 3.75. The lowest BCUT2D eigenvalue weighted by atomic mass is 9.88. The lowest BCUT2D eigenvalue weighted by Crippen LogP contribution is -2.34. The fraction of sp³-hybridized carbons (Fsp3) is 0.562. The van der Waals surface area contributed by atoms with Crippen molar-refractivity contribution in [2.45, 2.75) is 25.7 Å². The van der Waals surface area contributed by atoms with Crippen molar-refractivity contribution in [3.63, 3.8) is 0 Å². The van der Waals surface area contributed by atoms with E-state index in [9.17, 15) is 13.6 Å². The average Bonchev–Trinajstić information content (AvgIpc) is 3.03. The predicted molar refractivity (Wildman–Crippen MR) is 72.3 cm³/mol. The zero-order valence-corrected chi connectivity index (χ0v) is 11.6. The molecule has 0 aromatic heterocycles. The molecule has 1 aromatic rings. The molecule has 2 nitrogen and oxygen atoms in total. The number of benzene rings is 1. The number of carbonyl (C=O) groups excluding carboxylic acids is 1. The van der Waals surface area contributed by atoms with Crippen LogP contribution in [-0.4, -0.2) is 24.4 Å². The molecule has 0 radical (unpaired) electrons. The molecule has 2 bridgehead atoms. The molecule has 1 amide bonds. The van der Waals surface area contributed by atoms with Gasteiger partial charge < -0.3 is 4.90 Å². The van der Waals surface area contributed by atoms with Crippen LogP contribution in [0.3, 0.4) is 0 Å². The largest absolute Gasteiger partial charge is 0.341 e. The van der Waals surface area contributed by atoms with E-state index >= 15 is 0 Å². The van der Waals surface area contributed by atoms with E-state index in [1.54, 1.807) is 11.9 Å². The zero-order valence-electron chi connectivity index (χ0n) is 11.6. The minimum absolute atomic E-state index is 0.171. The summed E-state index contributed by atoms with van der Waals surface area (Å²) in [5.41, 5.74) is -0.171. The van der Waals surface area contributed by atoms with Gasteiger partial charge in [0.1, 0.15) is 0 Å². The molecule has 3 rings (SSSR count). The molecule has 2 aliphatic rings. The summed E-state index contributed by atoms with van der Waals surface area (Å²) in [7, 11) is 1.68. The van der Waals surface area contributed by atoms with Crippen molar-refractivity contribution in [3.8, 4) is 0 Å². The molecule has 2 aliphatic carbocycles. The highest BCUT2D eigenvalue weighted by Crippen LogP contribution is 2.48. The third-order valence-corrected chi connectivity index (χ3v) is 4.92. The second kappa shape index (κ2) is 5.15. The molecule has 0 saturated heterocycles. The third kappa shape index (κ3) is 2.32. The van der Waals surface area contributed by atoms with Gasteiger partial charge in [-0.25, -0.2) is 8.78 Å². The van der Waals surface area contributed by atoms with Crippen LogP contribution in [0.2, 0.25) is 0 Å². The van der Waals surface area contributed by atoms with Gasteiger partial charge in [0.2, 0.25) is 0 Å². The Morgan fingerprint density at radius 3 is 2.75 bits per heavy atom. The fourth-order valence-corrected chi connectivity index (χ4v) is 3.91. The summed E-state index contributed by atoms with van der Waals surface area (Å²) in [5, 5.41) is 0. The van der Waals surface area contributed by atoms with Crippen LogP contribution in [0.15, 0.2) is 18.2 Å². The van der Waals surface area contributed by atoms with E-state index in [0.29, 0.717) is 18.4 Å². The third-order valence-electron chi connectivity index (χ3n) is 4.92. The highest BCUT2D eigenvalue weighted by atomic mass is 19.2. The van der Waals surface area contributed by atoms with Gasteiger partial charge in [0.25, 0.3) is 5.91 Å². The van der Waals surface area contributed by atoms with Crippen molar-refractivity contribution in [1.82, 2.24) is 4.90 Å². The van der Waals surface area contributed by atoms with E-state index < -0.39 is 17.5 Å². The molecular weight excluding hydrogens is 260 g/mol. The second-order valence-corrected chi connectivity index (χ2v) is 6.22. The molecule has 0 aliphatic heterocycles. The molecule has 3 unspecified atom stereocenters. The van der Waals surface area contributed by atoms with Gasteiger partial charge in [-0.1, -0.05) is 12.5 Å². The zero-order chi connectivity index (χ0) is 14.3. The summed E-state index contributed by atoms with van der Waals surface area (Å²) >= 11 is 0. The maximum atomic E-state index is 13.7. The first-order valence-corrected chi connectivity index (χ1v) is 7.25. The Labute approximate surface area is 117 Å². The van der Waals surface area contributed by atoms with Gasteiger partial charge in [0.15, 0.2) is 11.6 Å². The second-order valence-electron chi connectivity index (χ2n) is 6.22. The van der Waals surface area contributed by atoms with Gasteiger partial charge >= 0.3 is 0 Å². The molecule has 0 heterocycles. The predicted octanol–water partition coefficient (Wildman–Crippen LogP) is 3.47. The summed E-state index contributed by atoms with van der Waals surface area (Å²) < 4.78 is 26.8. The van der Waals surface area contributed by atoms with E-state index in [2.05, 4.69) is 0 Å². The van der Waals surface area contributed by atoms with Crippen LogP contribution in [0.1, 0.15) is 36.0 Å². The summed E-state index contributed by atoms with van der Waals surface area (Å²) in [5.74, 6) is -0.377. The van der Waals surface area contributed by atoms with E-state index in [1.807, 2.05) is 0 Å². The van der Waals surface area contributed by atoms with E-state index in [4.69, 9.17) is 0 Å². The van der Waals surface area contributed by atoms with Crippen molar-refractivity contribution in [3.05, 3.63) is 35.4 Å². The Kier molecular flexibility index (Phi) is 3.48. The topological polar surface area (TPSA) is 20.3 Å². The first-order valence-electron chi connectivity index (χ1n) is 7.25. The Hall–Kier alpha value is -1.45. The van der Waals surface area contributed by atoms with Crippen LogP contribution in [0, 0.1) is 29.4 Å². The lowest BCUT2D eigenvalue weighted by Gasteiger charge is -2.27. The first kappa shape index (κ1) is 13.5. The average molecular weight is 279 g/mol. The first-order chi connectivity index (χ1) is 9.56. The Morgan fingerprint density at radius 2 is 2.10 bits per heavy atom. The SMILES string of the molecule is CN(CC1CC2CCC1C2)C(=O)c1cccc(F)c1F. The summed E-state index contributed by atoms with van der Waals surface area (Å²) in [6.07, 6.45) is 5.03. The maximum Gasteiger partial charge on any atom is 0.256 e. The summed E-state index contributed by atoms with van der Waals surface area (Å²) in [4.78, 5) is 13.8. The molecule has 2 saturated carbocycles. The molecule has 1 aromatic carbocycles. The molecular formula is C16H19F2NO. The smallest absolute Gasteiger partial charge is 0.256 e. The van der Waals surface area contributed by atoms with E-state index in [0.717, 1.165) is 12.0 Å². The van der Waals surface area contributed by atoms with Crippen molar-refractivity contribution < 1.29 is 13.6 Å². The van der Waals surface area contributed by atoms with Gasteiger partial charge in [-0.15, -0.1) is 0 Å². The van der Waals surface area contributed by atoms with Crippen LogP contribution in [0.25, 0.3) is 0 Å². The molecule has 2 fully saturated rings. The molecule has 0 N–H and O–H groups in total. The number of fused-ring (bicyclic) bond motifs is 2. The Morgan fingerprint density at radius 1 is 1.30 bits per heavy atom. The Balaban J connectivity index is 1.69. The Bertz CT molecular complexity index is 531. The molecule has 4 heteroatoms. The van der Waals surface area contributed by atoms with Crippen LogP contribution in [0.5, 0.6) is 0 Å². The van der Waals surface area contributed by atoms with Crippen LogP contribution >= 0.6 is 0 Å². The van der Waals surface area contributed by atoms with Crippen LogP contribution in [0.4, 0.5) is 8.78 Å². The monoisotopic (exact) mass is 279 g/mol. The minimum Gasteiger partial charge on any atom is -0.341 e. The highest BCUT2D eigenvalue weighted by molar-refractivity contribution is 5.94. The number of hydrogen-bond donors (Lipinski definition) is 0. The lowest BCUT2D eigenvalue weighted by molar-refractivity contribution is 0.0748. The van der Waals surface area contributed by atoms with Gasteiger partial charge in [-0.3, -0.25) is 4.79 Å². The quantitative estimate of drug-likeness (QED) is 0.829. The maximum absolute atomic E-state index is 13.7. The minimum atomic E-state index is -1.04. The fourth-order valence-electron chi connectivity index (χ4n) is 3.91. The number of nitrogens with zero attached hydrogens (tertiary/aromatic N) is 1. The number of hydrogen-bond acceptors (Lipinski definition) is 1. The molecule has 108 valence electrons. The number of rotatable bonds is 3. The highest BCUT2D eigenvalue weighted by Gasteiger charge is 2.40. The van der Waals surface area contributed by atoms with Crippen molar-refractivity contribution in [2.75, 3.05) is 13.6 Å². The molecule has 20 heavy (non-hydrogen) atoms. The number of amides is 1. The molecule has 3 atom stereocenters. The van der Waals surface area contributed by atoms with E-state index in [-0.39, 0.29) is 5.56 Å². The standard InChI is InChI=1S/C16H19F2NO/c1-19(9-12-8-10-5-6-11(12)7-10)16(20)13-3-2-4-14(17)15(13)18/h2-4,10-12H,5-9H2,1H3. The van der Waals surface area contributed by atoms with Crippen LogP contribution in [-0.2, 0) is 0 Å². The van der Waals surface area contributed by atoms with Crippen molar-refractivity contribution in [2.24, 2.45) is 17.8 Å². The van der Waals surface area contributed by atoms with E-state index in [1.165, 1.54) is 37.8 Å². The van der Waals surface area contributed by atoms with Gasteiger partial charge in [-0.2, -0.15) is 0 Å². The summed E-state index contributed by atoms with van der Waals surface area (Å²) in [6.45, 7) is 0.649. The van der Waals surface area contributed by atoms with Crippen LogP contribution < -0.4 is 0 Å².